The van der Waals surface area contributed by atoms with Crippen molar-refractivity contribution in [3.63, 3.8) is 0 Å². The van der Waals surface area contributed by atoms with Crippen LogP contribution in [0.25, 0.3) is 0 Å². The average molecular weight is 276 g/mol. The molecule has 0 aliphatic carbocycles. The molecule has 98 valence electrons. The lowest BCUT2D eigenvalue weighted by Crippen LogP contribution is -2.00. The van der Waals surface area contributed by atoms with E-state index in [1.165, 1.54) is 24.9 Å². The van der Waals surface area contributed by atoms with E-state index in [9.17, 15) is 9.90 Å². The summed E-state index contributed by atoms with van der Waals surface area (Å²) in [5.74, 6) is -0.475. The molecule has 0 bridgehead atoms. The van der Waals surface area contributed by atoms with Crippen LogP contribution in [0.15, 0.2) is 52.3 Å². The fraction of sp³-hybridized carbons (Fsp3) is 0.0714. The van der Waals surface area contributed by atoms with Gasteiger partial charge in [0.1, 0.15) is 17.1 Å². The molecule has 0 heterocycles. The average Bonchev–Trinajstić information content (AvgIpc) is 2.41. The van der Waals surface area contributed by atoms with Crippen LogP contribution in [0.5, 0.6) is 11.5 Å². The van der Waals surface area contributed by atoms with Gasteiger partial charge in [-0.1, -0.05) is 11.8 Å². The van der Waals surface area contributed by atoms with Gasteiger partial charge in [0.2, 0.25) is 0 Å². The number of phenols is 1. The Balaban J connectivity index is 2.26. The van der Waals surface area contributed by atoms with Crippen LogP contribution in [-0.2, 0) is 0 Å². The van der Waals surface area contributed by atoms with Crippen molar-refractivity contribution in [2.24, 2.45) is 0 Å². The van der Waals surface area contributed by atoms with Crippen LogP contribution in [0.4, 0.5) is 0 Å². The molecule has 5 heteroatoms. The van der Waals surface area contributed by atoms with E-state index in [1.54, 1.807) is 36.4 Å². The van der Waals surface area contributed by atoms with Crippen LogP contribution in [-0.4, -0.2) is 23.3 Å². The fourth-order valence-electron chi connectivity index (χ4n) is 1.56. The lowest BCUT2D eigenvalue weighted by atomic mass is 10.2. The second-order valence-electron chi connectivity index (χ2n) is 3.76. The summed E-state index contributed by atoms with van der Waals surface area (Å²) in [6, 6.07) is 11.7. The van der Waals surface area contributed by atoms with E-state index < -0.39 is 5.97 Å². The van der Waals surface area contributed by atoms with Gasteiger partial charge < -0.3 is 14.9 Å². The zero-order valence-corrected chi connectivity index (χ0v) is 11.0. The molecule has 0 amide bonds. The summed E-state index contributed by atoms with van der Waals surface area (Å²) < 4.78 is 5.07. The SMILES string of the molecule is COc1cc(Sc2ccc(O)cc2)ccc1C(=O)O. The number of hydrogen-bond donors (Lipinski definition) is 2. The zero-order chi connectivity index (χ0) is 13.8. The van der Waals surface area contributed by atoms with Crippen LogP contribution < -0.4 is 4.74 Å². The van der Waals surface area contributed by atoms with Crippen molar-refractivity contribution in [1.82, 2.24) is 0 Å². The van der Waals surface area contributed by atoms with Gasteiger partial charge in [-0.3, -0.25) is 0 Å². The van der Waals surface area contributed by atoms with Crippen molar-refractivity contribution in [2.45, 2.75) is 9.79 Å². The fourth-order valence-corrected chi connectivity index (χ4v) is 2.41. The van der Waals surface area contributed by atoms with Gasteiger partial charge in [-0.2, -0.15) is 0 Å². The number of carboxylic acids is 1. The molecule has 19 heavy (non-hydrogen) atoms. The summed E-state index contributed by atoms with van der Waals surface area (Å²) in [5, 5.41) is 18.2. The second kappa shape index (κ2) is 5.67. The molecule has 0 unspecified atom stereocenters. The molecular weight excluding hydrogens is 264 g/mol. The predicted octanol–water partition coefficient (Wildman–Crippen LogP) is 3.25. The van der Waals surface area contributed by atoms with E-state index in [4.69, 9.17) is 9.84 Å². The van der Waals surface area contributed by atoms with Gasteiger partial charge in [-0.25, -0.2) is 4.79 Å². The largest absolute Gasteiger partial charge is 0.508 e. The molecule has 0 aromatic heterocycles. The van der Waals surface area contributed by atoms with Crippen LogP contribution in [0.3, 0.4) is 0 Å². The Morgan fingerprint density at radius 3 is 2.32 bits per heavy atom. The van der Waals surface area contributed by atoms with Gasteiger partial charge in [0.25, 0.3) is 0 Å². The van der Waals surface area contributed by atoms with E-state index >= 15 is 0 Å². The standard InChI is InChI=1S/C14H12O4S/c1-18-13-8-11(6-7-12(13)14(16)17)19-10-4-2-9(15)3-5-10/h2-8,15H,1H3,(H,16,17). The lowest BCUT2D eigenvalue weighted by Gasteiger charge is -2.07. The predicted molar refractivity (Wildman–Crippen MR) is 72.2 cm³/mol. The molecule has 0 spiro atoms. The van der Waals surface area contributed by atoms with Crippen molar-refractivity contribution in [3.05, 3.63) is 48.0 Å². The van der Waals surface area contributed by atoms with E-state index in [-0.39, 0.29) is 11.3 Å². The Bertz CT molecular complexity index is 593. The maximum absolute atomic E-state index is 11.0. The third-order valence-electron chi connectivity index (χ3n) is 2.48. The number of aromatic hydroxyl groups is 1. The number of carbonyl (C=O) groups is 1. The Hall–Kier alpha value is -2.14. The number of aromatic carboxylic acids is 1. The van der Waals surface area contributed by atoms with Crippen molar-refractivity contribution in [2.75, 3.05) is 7.11 Å². The Labute approximate surface area is 114 Å². The van der Waals surface area contributed by atoms with Gasteiger partial charge in [-0.05, 0) is 42.5 Å². The highest BCUT2D eigenvalue weighted by molar-refractivity contribution is 7.99. The van der Waals surface area contributed by atoms with Gasteiger partial charge in [-0.15, -0.1) is 0 Å². The minimum Gasteiger partial charge on any atom is -0.508 e. The first-order valence-electron chi connectivity index (χ1n) is 5.48. The third kappa shape index (κ3) is 3.20. The second-order valence-corrected chi connectivity index (χ2v) is 4.91. The lowest BCUT2D eigenvalue weighted by molar-refractivity contribution is 0.0693. The zero-order valence-electron chi connectivity index (χ0n) is 10.2. The molecule has 2 rings (SSSR count). The highest BCUT2D eigenvalue weighted by atomic mass is 32.2. The van der Waals surface area contributed by atoms with Gasteiger partial charge >= 0.3 is 5.97 Å². The molecule has 0 atom stereocenters. The van der Waals surface area contributed by atoms with E-state index in [1.807, 2.05) is 0 Å². The molecule has 2 aromatic carbocycles. The normalized spacial score (nSPS) is 10.2. The van der Waals surface area contributed by atoms with Crippen molar-refractivity contribution in [3.8, 4) is 11.5 Å². The molecule has 2 aromatic rings. The minimum absolute atomic E-state index is 0.137. The molecule has 0 aliphatic heterocycles. The van der Waals surface area contributed by atoms with Crippen LogP contribution in [0, 0.1) is 0 Å². The summed E-state index contributed by atoms with van der Waals surface area (Å²) in [7, 11) is 1.44. The summed E-state index contributed by atoms with van der Waals surface area (Å²) in [4.78, 5) is 12.8. The van der Waals surface area contributed by atoms with Crippen LogP contribution in [0.1, 0.15) is 10.4 Å². The first kappa shape index (κ1) is 13.3. The highest BCUT2D eigenvalue weighted by Crippen LogP contribution is 2.32. The van der Waals surface area contributed by atoms with E-state index in [2.05, 4.69) is 0 Å². The number of carboxylic acid groups (broad SMARTS) is 1. The van der Waals surface area contributed by atoms with Crippen LogP contribution >= 0.6 is 11.8 Å². The number of hydrogen-bond acceptors (Lipinski definition) is 4. The van der Waals surface area contributed by atoms with Crippen molar-refractivity contribution in [1.29, 1.82) is 0 Å². The van der Waals surface area contributed by atoms with Gasteiger partial charge in [0.15, 0.2) is 0 Å². The minimum atomic E-state index is -1.02. The first-order chi connectivity index (χ1) is 9.10. The van der Waals surface area contributed by atoms with Gasteiger partial charge in [0, 0.05) is 9.79 Å². The number of rotatable bonds is 4. The summed E-state index contributed by atoms with van der Waals surface area (Å²) >= 11 is 1.46. The number of phenolic OH excluding ortho intramolecular Hbond substituents is 1. The van der Waals surface area contributed by atoms with E-state index in [0.29, 0.717) is 5.75 Å². The number of ether oxygens (including phenoxy) is 1. The molecule has 0 saturated carbocycles. The molecule has 4 nitrogen and oxygen atoms in total. The molecule has 0 fully saturated rings. The summed E-state index contributed by atoms with van der Waals surface area (Å²) in [6.07, 6.45) is 0. The summed E-state index contributed by atoms with van der Waals surface area (Å²) in [6.45, 7) is 0. The topological polar surface area (TPSA) is 66.8 Å². The third-order valence-corrected chi connectivity index (χ3v) is 3.47. The molecular formula is C14H12O4S. The van der Waals surface area contributed by atoms with Crippen molar-refractivity contribution >= 4 is 17.7 Å². The Kier molecular flexibility index (Phi) is 3.97. The Morgan fingerprint density at radius 1 is 1.11 bits per heavy atom. The highest BCUT2D eigenvalue weighted by Gasteiger charge is 2.11. The first-order valence-corrected chi connectivity index (χ1v) is 6.30. The smallest absolute Gasteiger partial charge is 0.339 e. The van der Waals surface area contributed by atoms with Crippen LogP contribution in [0.2, 0.25) is 0 Å². The summed E-state index contributed by atoms with van der Waals surface area (Å²) in [5.41, 5.74) is 0.137. The number of benzene rings is 2. The molecule has 2 N–H and O–H groups in total. The Morgan fingerprint density at radius 2 is 1.74 bits per heavy atom. The molecule has 0 radical (unpaired) electrons. The number of methoxy groups -OCH3 is 1. The van der Waals surface area contributed by atoms with Gasteiger partial charge in [0.05, 0.1) is 7.11 Å². The molecule has 0 saturated heterocycles. The monoisotopic (exact) mass is 276 g/mol. The maximum Gasteiger partial charge on any atom is 0.339 e. The van der Waals surface area contributed by atoms with Crippen molar-refractivity contribution < 1.29 is 19.7 Å². The maximum atomic E-state index is 11.0. The van der Waals surface area contributed by atoms with E-state index in [0.717, 1.165) is 9.79 Å². The molecule has 0 aliphatic rings. The quantitative estimate of drug-likeness (QED) is 0.897.